The zero-order valence-corrected chi connectivity index (χ0v) is 10.2. The van der Waals surface area contributed by atoms with Crippen LogP contribution in [0.25, 0.3) is 15.7 Å². The third kappa shape index (κ3) is 1.44. The highest BCUT2D eigenvalue weighted by Gasteiger charge is 2.11. The second-order valence-corrected chi connectivity index (χ2v) is 4.95. The van der Waals surface area contributed by atoms with Gasteiger partial charge >= 0.3 is 0 Å². The van der Waals surface area contributed by atoms with E-state index < -0.39 is 0 Å². The number of aryl methyl sites for hydroxylation is 1. The largest absolute Gasteiger partial charge is 0.325 e. The maximum atomic E-state index is 5.65. The van der Waals surface area contributed by atoms with Gasteiger partial charge in [0, 0.05) is 23.8 Å². The van der Waals surface area contributed by atoms with Crippen molar-refractivity contribution < 1.29 is 0 Å². The minimum absolute atomic E-state index is 0.519. The van der Waals surface area contributed by atoms with Gasteiger partial charge in [0.05, 0.1) is 0 Å². The summed E-state index contributed by atoms with van der Waals surface area (Å²) in [7, 11) is 0. The van der Waals surface area contributed by atoms with Gasteiger partial charge in [0.2, 0.25) is 0 Å². The summed E-state index contributed by atoms with van der Waals surface area (Å²) in [4.78, 5) is 9.76. The summed E-state index contributed by atoms with van der Waals surface area (Å²) in [6, 6.07) is 0. The molecule has 0 amide bonds. The van der Waals surface area contributed by atoms with Crippen LogP contribution in [0.1, 0.15) is 11.5 Å². The van der Waals surface area contributed by atoms with Gasteiger partial charge in [-0.3, -0.25) is 4.40 Å². The van der Waals surface area contributed by atoms with Crippen LogP contribution in [0.4, 0.5) is 0 Å². The molecule has 3 rings (SSSR count). The Balaban J connectivity index is 2.15. The molecule has 7 heteroatoms. The molecule has 0 aliphatic rings. The van der Waals surface area contributed by atoms with Crippen molar-refractivity contribution in [2.75, 3.05) is 0 Å². The van der Waals surface area contributed by atoms with Crippen molar-refractivity contribution in [1.82, 2.24) is 18.7 Å². The number of fused-ring (bicyclic) bond motifs is 1. The maximum absolute atomic E-state index is 5.65. The Morgan fingerprint density at radius 3 is 3.00 bits per heavy atom. The van der Waals surface area contributed by atoms with E-state index in [1.54, 1.807) is 11.3 Å². The molecule has 5 nitrogen and oxygen atoms in total. The van der Waals surface area contributed by atoms with Crippen LogP contribution < -0.4 is 5.73 Å². The van der Waals surface area contributed by atoms with Crippen LogP contribution in [0.5, 0.6) is 0 Å². The van der Waals surface area contributed by atoms with Crippen molar-refractivity contribution in [3.63, 3.8) is 0 Å². The lowest BCUT2D eigenvalue weighted by atomic mass is 10.5. The minimum atomic E-state index is 0.519. The zero-order valence-electron chi connectivity index (χ0n) is 8.54. The Bertz CT molecular complexity index is 635. The van der Waals surface area contributed by atoms with Crippen molar-refractivity contribution in [2.24, 2.45) is 5.73 Å². The molecule has 0 fully saturated rings. The molecule has 82 valence electrons. The fourth-order valence-corrected chi connectivity index (χ4v) is 2.99. The van der Waals surface area contributed by atoms with Crippen LogP contribution in [0.3, 0.4) is 0 Å². The van der Waals surface area contributed by atoms with Crippen molar-refractivity contribution >= 4 is 27.8 Å². The lowest BCUT2D eigenvalue weighted by Gasteiger charge is -1.90. The predicted molar refractivity (Wildman–Crippen MR) is 64.6 cm³/mol. The normalized spacial score (nSPS) is 11.4. The highest BCUT2D eigenvalue weighted by atomic mass is 32.1. The standard InChI is InChI=1S/C9H9N5S2/c1-5-11-8(16-13-5)7-3-14-6(2-10)4-15-9(14)12-7/h3-4H,2,10H2,1H3. The highest BCUT2D eigenvalue weighted by Crippen LogP contribution is 2.24. The molecule has 16 heavy (non-hydrogen) atoms. The SMILES string of the molecule is Cc1nsc(-c2cn3c(CN)csc3n2)n1. The van der Waals surface area contributed by atoms with Crippen LogP contribution in [-0.4, -0.2) is 18.7 Å². The van der Waals surface area contributed by atoms with Crippen LogP contribution in [0.15, 0.2) is 11.6 Å². The fourth-order valence-electron chi connectivity index (χ4n) is 1.48. The molecular weight excluding hydrogens is 242 g/mol. The summed E-state index contributed by atoms with van der Waals surface area (Å²) in [6.07, 6.45) is 1.97. The van der Waals surface area contributed by atoms with E-state index in [2.05, 4.69) is 14.3 Å². The first-order chi connectivity index (χ1) is 7.78. The lowest BCUT2D eigenvalue weighted by Crippen LogP contribution is -1.98. The van der Waals surface area contributed by atoms with Crippen molar-refractivity contribution in [3.05, 3.63) is 23.1 Å². The van der Waals surface area contributed by atoms with E-state index in [4.69, 9.17) is 5.73 Å². The number of aromatic nitrogens is 4. The summed E-state index contributed by atoms with van der Waals surface area (Å²) in [5, 5.41) is 2.88. The number of nitrogens with zero attached hydrogens (tertiary/aromatic N) is 4. The average Bonchev–Trinajstić information content (AvgIpc) is 2.90. The second-order valence-electron chi connectivity index (χ2n) is 3.36. The molecule has 0 atom stereocenters. The summed E-state index contributed by atoms with van der Waals surface area (Å²) in [5.74, 6) is 0.787. The Morgan fingerprint density at radius 1 is 1.44 bits per heavy atom. The van der Waals surface area contributed by atoms with E-state index in [1.165, 1.54) is 11.5 Å². The summed E-state index contributed by atoms with van der Waals surface area (Å²) >= 11 is 2.96. The third-order valence-corrected chi connectivity index (χ3v) is 3.96. The Kier molecular flexibility index (Phi) is 2.23. The zero-order chi connectivity index (χ0) is 11.1. The molecule has 3 aromatic rings. The molecule has 3 heterocycles. The fraction of sp³-hybridized carbons (Fsp3) is 0.222. The Hall–Kier alpha value is -1.31. The molecule has 0 aliphatic heterocycles. The topological polar surface area (TPSA) is 69.1 Å². The monoisotopic (exact) mass is 251 g/mol. The summed E-state index contributed by atoms with van der Waals surface area (Å²) in [5.41, 5.74) is 7.58. The molecular formula is C9H9N5S2. The predicted octanol–water partition coefficient (Wildman–Crippen LogP) is 1.68. The molecule has 0 aliphatic carbocycles. The van der Waals surface area contributed by atoms with E-state index in [9.17, 15) is 0 Å². The van der Waals surface area contributed by atoms with Gasteiger partial charge in [0.1, 0.15) is 11.5 Å². The van der Waals surface area contributed by atoms with Gasteiger partial charge in [-0.1, -0.05) is 0 Å². The number of imidazole rings is 1. The second kappa shape index (κ2) is 3.62. The Morgan fingerprint density at radius 2 is 2.31 bits per heavy atom. The number of hydrogen-bond acceptors (Lipinski definition) is 6. The number of thiazole rings is 1. The van der Waals surface area contributed by atoms with Gasteiger partial charge in [-0.2, -0.15) is 4.37 Å². The molecule has 2 N–H and O–H groups in total. The van der Waals surface area contributed by atoms with Crippen LogP contribution in [0.2, 0.25) is 0 Å². The van der Waals surface area contributed by atoms with E-state index in [0.717, 1.165) is 27.2 Å². The average molecular weight is 251 g/mol. The third-order valence-electron chi connectivity index (χ3n) is 2.24. The van der Waals surface area contributed by atoms with Gasteiger partial charge in [-0.15, -0.1) is 11.3 Å². The Labute approximate surface area is 99.8 Å². The van der Waals surface area contributed by atoms with Gasteiger partial charge in [-0.05, 0) is 18.5 Å². The molecule has 0 unspecified atom stereocenters. The van der Waals surface area contributed by atoms with Gasteiger partial charge < -0.3 is 5.73 Å². The van der Waals surface area contributed by atoms with E-state index in [0.29, 0.717) is 6.54 Å². The van der Waals surface area contributed by atoms with Crippen molar-refractivity contribution in [1.29, 1.82) is 0 Å². The van der Waals surface area contributed by atoms with Crippen molar-refractivity contribution in [3.8, 4) is 10.7 Å². The number of nitrogens with two attached hydrogens (primary N) is 1. The minimum Gasteiger partial charge on any atom is -0.325 e. The van der Waals surface area contributed by atoms with E-state index >= 15 is 0 Å². The van der Waals surface area contributed by atoms with Crippen LogP contribution in [0, 0.1) is 6.92 Å². The molecule has 0 radical (unpaired) electrons. The lowest BCUT2D eigenvalue weighted by molar-refractivity contribution is 0.966. The van der Waals surface area contributed by atoms with Crippen LogP contribution in [-0.2, 0) is 6.54 Å². The van der Waals surface area contributed by atoms with Gasteiger partial charge in [0.25, 0.3) is 0 Å². The van der Waals surface area contributed by atoms with E-state index in [-0.39, 0.29) is 0 Å². The maximum Gasteiger partial charge on any atom is 0.194 e. The molecule has 0 saturated carbocycles. The summed E-state index contributed by atoms with van der Waals surface area (Å²) < 4.78 is 6.16. The first kappa shape index (κ1) is 9.88. The van der Waals surface area contributed by atoms with Gasteiger partial charge in [0.15, 0.2) is 9.97 Å². The van der Waals surface area contributed by atoms with Crippen molar-refractivity contribution in [2.45, 2.75) is 13.5 Å². The quantitative estimate of drug-likeness (QED) is 0.752. The van der Waals surface area contributed by atoms with E-state index in [1.807, 2.05) is 22.9 Å². The molecule has 3 aromatic heterocycles. The first-order valence-electron chi connectivity index (χ1n) is 4.74. The molecule has 0 spiro atoms. The van der Waals surface area contributed by atoms with Crippen LogP contribution >= 0.6 is 22.9 Å². The molecule has 0 aromatic carbocycles. The number of rotatable bonds is 2. The highest BCUT2D eigenvalue weighted by molar-refractivity contribution is 7.15. The summed E-state index contributed by atoms with van der Waals surface area (Å²) in [6.45, 7) is 2.40. The molecule has 0 saturated heterocycles. The smallest absolute Gasteiger partial charge is 0.194 e. The first-order valence-corrected chi connectivity index (χ1v) is 6.39. The molecule has 0 bridgehead atoms. The van der Waals surface area contributed by atoms with Gasteiger partial charge in [-0.25, -0.2) is 9.97 Å². The number of hydrogen-bond donors (Lipinski definition) is 1.